The number of anilines is 1. The maximum atomic E-state index is 10.8. The Balaban J connectivity index is 1.75. The molecule has 2 heteroatoms. The van der Waals surface area contributed by atoms with E-state index in [9.17, 15) is 5.11 Å². The Morgan fingerprint density at radius 3 is 1.94 bits per heavy atom. The zero-order valence-corrected chi connectivity index (χ0v) is 20.9. The molecule has 3 aromatic rings. The summed E-state index contributed by atoms with van der Waals surface area (Å²) in [7, 11) is 4.10. The lowest BCUT2D eigenvalue weighted by Gasteiger charge is -2.12. The molecule has 2 nitrogen and oxygen atoms in total. The van der Waals surface area contributed by atoms with Gasteiger partial charge in [-0.05, 0) is 59.7 Å². The number of benzene rings is 3. The summed E-state index contributed by atoms with van der Waals surface area (Å²) < 4.78 is 0. The van der Waals surface area contributed by atoms with E-state index in [1.54, 1.807) is 0 Å². The predicted molar refractivity (Wildman–Crippen MR) is 149 cm³/mol. The minimum absolute atomic E-state index is 0.00420. The maximum Gasteiger partial charge on any atom is 0.119 e. The topological polar surface area (TPSA) is 23.5 Å². The van der Waals surface area contributed by atoms with Crippen molar-refractivity contribution in [3.63, 3.8) is 0 Å². The lowest BCUT2D eigenvalue weighted by molar-refractivity contribution is 0.509. The Hall–Kier alpha value is -3.52. The Morgan fingerprint density at radius 1 is 0.794 bits per heavy atom. The van der Waals surface area contributed by atoms with Crippen LogP contribution in [-0.2, 0) is 12.8 Å². The highest BCUT2D eigenvalue weighted by Gasteiger charge is 2.08. The van der Waals surface area contributed by atoms with E-state index in [0.717, 1.165) is 24.8 Å². The van der Waals surface area contributed by atoms with Gasteiger partial charge in [-0.3, -0.25) is 0 Å². The van der Waals surface area contributed by atoms with Crippen molar-refractivity contribution in [3.05, 3.63) is 125 Å². The molecule has 0 bridgehead atoms. The van der Waals surface area contributed by atoms with Gasteiger partial charge in [0.2, 0.25) is 0 Å². The molecule has 0 aliphatic rings. The Bertz CT molecular complexity index is 1100. The summed E-state index contributed by atoms with van der Waals surface area (Å²) in [5.74, 6) is 0.318. The van der Waals surface area contributed by atoms with Crippen LogP contribution in [0.25, 0.3) is 11.8 Å². The molecule has 0 heterocycles. The Labute approximate surface area is 205 Å². The molecule has 0 radical (unpaired) electrons. The number of hydrogen-bond donors (Lipinski definition) is 1. The van der Waals surface area contributed by atoms with Gasteiger partial charge in [0.1, 0.15) is 5.76 Å². The third-order valence-corrected chi connectivity index (χ3v) is 6.10. The molecule has 34 heavy (non-hydrogen) atoms. The molecule has 1 N–H and O–H groups in total. The van der Waals surface area contributed by atoms with Crippen LogP contribution in [0.2, 0.25) is 0 Å². The first-order valence-electron chi connectivity index (χ1n) is 12.2. The molecular weight excluding hydrogens is 414 g/mol. The van der Waals surface area contributed by atoms with Crippen LogP contribution in [0.5, 0.6) is 0 Å². The van der Waals surface area contributed by atoms with Crippen LogP contribution in [0.1, 0.15) is 54.0 Å². The summed E-state index contributed by atoms with van der Waals surface area (Å²) in [6.45, 7) is 4.30. The zero-order chi connectivity index (χ0) is 24.3. The molecule has 3 rings (SSSR count). The molecule has 0 fully saturated rings. The van der Waals surface area contributed by atoms with Crippen molar-refractivity contribution >= 4 is 17.5 Å². The first kappa shape index (κ1) is 25.1. The van der Waals surface area contributed by atoms with E-state index in [4.69, 9.17) is 0 Å². The monoisotopic (exact) mass is 451 g/mol. The van der Waals surface area contributed by atoms with Crippen LogP contribution in [0.4, 0.5) is 5.69 Å². The number of aliphatic hydroxyl groups excluding tert-OH is 1. The number of rotatable bonds is 10. The number of aliphatic hydroxyl groups is 1. The second-order valence-corrected chi connectivity index (χ2v) is 8.78. The van der Waals surface area contributed by atoms with Gasteiger partial charge in [-0.15, -0.1) is 0 Å². The average molecular weight is 452 g/mol. The summed E-state index contributed by atoms with van der Waals surface area (Å²) in [4.78, 5) is 2.10. The number of hydrogen-bond acceptors (Lipinski definition) is 2. The molecule has 176 valence electrons. The molecule has 0 amide bonds. The Kier molecular flexibility index (Phi) is 9.34. The first-order chi connectivity index (χ1) is 16.5. The van der Waals surface area contributed by atoms with Gasteiger partial charge in [-0.2, -0.15) is 0 Å². The molecular formula is C32H37NO. The Morgan fingerprint density at radius 2 is 1.38 bits per heavy atom. The summed E-state index contributed by atoms with van der Waals surface area (Å²) in [6, 6.07) is 25.4. The van der Waals surface area contributed by atoms with E-state index >= 15 is 0 Å². The zero-order valence-electron chi connectivity index (χ0n) is 20.9. The number of nitrogens with zero attached hydrogens (tertiary/aromatic N) is 1. The van der Waals surface area contributed by atoms with Gasteiger partial charge in [0.05, 0.1) is 0 Å². The summed E-state index contributed by atoms with van der Waals surface area (Å²) in [5.41, 5.74) is 7.00. The van der Waals surface area contributed by atoms with E-state index in [0.29, 0.717) is 5.76 Å². The van der Waals surface area contributed by atoms with Crippen molar-refractivity contribution in [3.8, 4) is 0 Å². The molecule has 0 aliphatic carbocycles. The van der Waals surface area contributed by atoms with Gasteiger partial charge in [-0.1, -0.05) is 98.8 Å². The largest absolute Gasteiger partial charge is 0.508 e. The van der Waals surface area contributed by atoms with Crippen LogP contribution in [0.3, 0.4) is 0 Å². The summed E-state index contributed by atoms with van der Waals surface area (Å²) >= 11 is 0. The lowest BCUT2D eigenvalue weighted by Crippen LogP contribution is -2.07. The highest BCUT2D eigenvalue weighted by Crippen LogP contribution is 2.25. The standard InChI is InChI=1S/C32H37NO/c1-5-25-12-18-28(19-13-25)30(24-32(34)29-20-14-26(6-2)15-21-29)11-9-7-8-10-27-16-22-31(23-17-27)33(3)4/h8-24,30,34H,5-7H2,1-4H3/b10-8+,11-9+,32-24-. The van der Waals surface area contributed by atoms with Crippen LogP contribution in [0, 0.1) is 0 Å². The SMILES string of the molecule is CCc1ccc(/C(O)=C/C(/C=C/C/C=C/c2ccc(N(C)C)cc2)c2ccc(CC)cc2)cc1. The van der Waals surface area contributed by atoms with Gasteiger partial charge < -0.3 is 10.0 Å². The van der Waals surface area contributed by atoms with Crippen molar-refractivity contribution in [2.45, 2.75) is 39.0 Å². The third kappa shape index (κ3) is 7.25. The van der Waals surface area contributed by atoms with E-state index < -0.39 is 0 Å². The fourth-order valence-corrected chi connectivity index (χ4v) is 3.81. The molecule has 3 aromatic carbocycles. The lowest BCUT2D eigenvalue weighted by atomic mass is 9.94. The molecule has 1 unspecified atom stereocenters. The van der Waals surface area contributed by atoms with Crippen LogP contribution >= 0.6 is 0 Å². The van der Waals surface area contributed by atoms with Crippen molar-refractivity contribution in [2.75, 3.05) is 19.0 Å². The van der Waals surface area contributed by atoms with Crippen molar-refractivity contribution in [2.24, 2.45) is 0 Å². The van der Waals surface area contributed by atoms with E-state index in [1.165, 1.54) is 27.9 Å². The molecule has 0 saturated carbocycles. The molecule has 1 atom stereocenters. The fourth-order valence-electron chi connectivity index (χ4n) is 3.81. The smallest absolute Gasteiger partial charge is 0.119 e. The summed E-state index contributed by atoms with van der Waals surface area (Å²) in [5, 5.41) is 10.8. The van der Waals surface area contributed by atoms with Gasteiger partial charge in [0.15, 0.2) is 0 Å². The van der Waals surface area contributed by atoms with Crippen LogP contribution in [-0.4, -0.2) is 19.2 Å². The van der Waals surface area contributed by atoms with E-state index in [1.807, 2.05) is 32.3 Å². The molecule has 0 saturated heterocycles. The normalized spacial score (nSPS) is 13.0. The van der Waals surface area contributed by atoms with E-state index in [2.05, 4.69) is 104 Å². The second kappa shape index (κ2) is 12.6. The molecule has 0 spiro atoms. The minimum atomic E-state index is 0.00420. The van der Waals surface area contributed by atoms with Crippen molar-refractivity contribution in [1.82, 2.24) is 0 Å². The van der Waals surface area contributed by atoms with Gasteiger partial charge in [0, 0.05) is 31.3 Å². The highest BCUT2D eigenvalue weighted by molar-refractivity contribution is 5.60. The van der Waals surface area contributed by atoms with Crippen molar-refractivity contribution in [1.29, 1.82) is 0 Å². The highest BCUT2D eigenvalue weighted by atomic mass is 16.3. The molecule has 0 aliphatic heterocycles. The van der Waals surface area contributed by atoms with Crippen LogP contribution < -0.4 is 4.90 Å². The van der Waals surface area contributed by atoms with Gasteiger partial charge in [-0.25, -0.2) is 0 Å². The van der Waals surface area contributed by atoms with Crippen LogP contribution in [0.15, 0.2) is 97.1 Å². The third-order valence-electron chi connectivity index (χ3n) is 6.10. The minimum Gasteiger partial charge on any atom is -0.508 e. The second-order valence-electron chi connectivity index (χ2n) is 8.78. The molecule has 0 aromatic heterocycles. The number of aryl methyl sites for hydroxylation is 2. The fraction of sp³-hybridized carbons (Fsp3) is 0.250. The quantitative estimate of drug-likeness (QED) is 0.248. The predicted octanol–water partition coefficient (Wildman–Crippen LogP) is 8.22. The van der Waals surface area contributed by atoms with Gasteiger partial charge >= 0.3 is 0 Å². The number of allylic oxidation sites excluding steroid dienone is 4. The first-order valence-corrected chi connectivity index (χ1v) is 12.2. The van der Waals surface area contributed by atoms with Gasteiger partial charge in [0.25, 0.3) is 0 Å². The average Bonchev–Trinajstić information content (AvgIpc) is 2.88. The maximum absolute atomic E-state index is 10.8. The van der Waals surface area contributed by atoms with Crippen molar-refractivity contribution < 1.29 is 5.11 Å². The summed E-state index contributed by atoms with van der Waals surface area (Å²) in [6.07, 6.45) is 13.5. The van der Waals surface area contributed by atoms with E-state index in [-0.39, 0.29) is 5.92 Å².